The first-order chi connectivity index (χ1) is 8.34. The predicted octanol–water partition coefficient (Wildman–Crippen LogP) is 1.24. The molecule has 1 N–H and O–H groups in total. The lowest BCUT2D eigenvalue weighted by Crippen LogP contribution is -2.42. The highest BCUT2D eigenvalue weighted by Gasteiger charge is 2.43. The molecule has 6 heteroatoms. The summed E-state index contributed by atoms with van der Waals surface area (Å²) < 4.78 is 28.0. The minimum Gasteiger partial charge on any atom is -0.396 e. The van der Waals surface area contributed by atoms with E-state index in [2.05, 4.69) is 4.40 Å². The molecule has 0 aromatic heterocycles. The van der Waals surface area contributed by atoms with Gasteiger partial charge >= 0.3 is 0 Å². The molecule has 1 aliphatic rings. The molecule has 1 fully saturated rings. The number of hydrogen-bond donors (Lipinski definition) is 1. The van der Waals surface area contributed by atoms with Gasteiger partial charge in [-0.2, -0.15) is 4.40 Å². The van der Waals surface area contributed by atoms with Crippen molar-refractivity contribution in [3.8, 4) is 0 Å². The van der Waals surface area contributed by atoms with Crippen molar-refractivity contribution in [2.75, 3.05) is 20.7 Å². The normalized spacial score (nSPS) is 22.0. The Morgan fingerprint density at radius 3 is 2.33 bits per heavy atom. The zero-order valence-electron chi connectivity index (χ0n) is 11.5. The molecule has 1 saturated carbocycles. The number of sulfonamides is 1. The summed E-state index contributed by atoms with van der Waals surface area (Å²) in [7, 11) is -0.101. The van der Waals surface area contributed by atoms with Gasteiger partial charge in [-0.1, -0.05) is 19.3 Å². The van der Waals surface area contributed by atoms with E-state index in [1.54, 1.807) is 25.9 Å². The van der Waals surface area contributed by atoms with Crippen LogP contribution < -0.4 is 0 Å². The Hall–Kier alpha value is -0.620. The quantitative estimate of drug-likeness (QED) is 0.606. The highest BCUT2D eigenvalue weighted by Crippen LogP contribution is 2.41. The fourth-order valence-corrected chi connectivity index (χ4v) is 3.96. The number of hydrogen-bond acceptors (Lipinski definition) is 3. The van der Waals surface area contributed by atoms with E-state index in [-0.39, 0.29) is 6.61 Å². The summed E-state index contributed by atoms with van der Waals surface area (Å²) in [6.45, 7) is 1.59. The van der Waals surface area contributed by atoms with Crippen molar-refractivity contribution in [1.82, 2.24) is 4.90 Å². The first-order valence-electron chi connectivity index (χ1n) is 6.41. The van der Waals surface area contributed by atoms with Gasteiger partial charge in [0.05, 0.1) is 11.9 Å². The second-order valence-electron chi connectivity index (χ2n) is 5.42. The third-order valence-corrected chi connectivity index (χ3v) is 5.68. The molecule has 0 saturated heterocycles. The average Bonchev–Trinajstić information content (AvgIpc) is 2.36. The van der Waals surface area contributed by atoms with Gasteiger partial charge in [0.2, 0.25) is 0 Å². The maximum absolute atomic E-state index is 12.2. The molecule has 1 unspecified atom stereocenters. The Balaban J connectivity index is 2.92. The van der Waals surface area contributed by atoms with Gasteiger partial charge in [-0.05, 0) is 19.8 Å². The predicted molar refractivity (Wildman–Crippen MR) is 73.2 cm³/mol. The van der Waals surface area contributed by atoms with Gasteiger partial charge < -0.3 is 10.0 Å². The molecule has 1 aliphatic carbocycles. The molecule has 0 aromatic rings. The SMILES string of the molecule is CC(C1(CO)CCCCC1)S(=O)(=O)N=CN(C)C. The van der Waals surface area contributed by atoms with Gasteiger partial charge in [0.25, 0.3) is 10.0 Å². The highest BCUT2D eigenvalue weighted by molar-refractivity contribution is 7.90. The van der Waals surface area contributed by atoms with E-state index in [1.807, 2.05) is 0 Å². The second-order valence-corrected chi connectivity index (χ2v) is 7.37. The van der Waals surface area contributed by atoms with Crippen molar-refractivity contribution in [3.05, 3.63) is 0 Å². The Bertz CT molecular complexity index is 384. The van der Waals surface area contributed by atoms with Crippen LogP contribution in [0.15, 0.2) is 4.40 Å². The Labute approximate surface area is 110 Å². The van der Waals surface area contributed by atoms with Gasteiger partial charge in [-0.25, -0.2) is 8.42 Å². The minimum absolute atomic E-state index is 0.0785. The Morgan fingerprint density at radius 1 is 1.33 bits per heavy atom. The standard InChI is InChI=1S/C12H24N2O3S/c1-11(18(16,17)13-10-14(2)3)12(9-15)7-5-4-6-8-12/h10-11,15H,4-9H2,1-3H3. The second kappa shape index (κ2) is 6.02. The van der Waals surface area contributed by atoms with E-state index in [0.29, 0.717) is 0 Å². The van der Waals surface area contributed by atoms with E-state index in [1.165, 1.54) is 6.34 Å². The van der Waals surface area contributed by atoms with E-state index in [9.17, 15) is 13.5 Å². The van der Waals surface area contributed by atoms with Crippen molar-refractivity contribution in [3.63, 3.8) is 0 Å². The minimum atomic E-state index is -3.56. The molecule has 5 nitrogen and oxygen atoms in total. The van der Waals surface area contributed by atoms with Crippen molar-refractivity contribution in [1.29, 1.82) is 0 Å². The summed E-state index contributed by atoms with van der Waals surface area (Å²) in [6.07, 6.45) is 5.92. The molecule has 1 atom stereocenters. The number of nitrogens with zero attached hydrogens (tertiary/aromatic N) is 2. The first-order valence-corrected chi connectivity index (χ1v) is 7.91. The largest absolute Gasteiger partial charge is 0.396 e. The highest BCUT2D eigenvalue weighted by atomic mass is 32.2. The molecule has 0 amide bonds. The molecule has 0 bridgehead atoms. The topological polar surface area (TPSA) is 70.0 Å². The zero-order chi connectivity index (χ0) is 13.8. The van der Waals surface area contributed by atoms with Crippen molar-refractivity contribution in [2.45, 2.75) is 44.3 Å². The fraction of sp³-hybridized carbons (Fsp3) is 0.917. The van der Waals surface area contributed by atoms with Crippen molar-refractivity contribution >= 4 is 16.4 Å². The van der Waals surface area contributed by atoms with Crippen LogP contribution in [0, 0.1) is 5.41 Å². The average molecular weight is 276 g/mol. The van der Waals surface area contributed by atoms with E-state index in [4.69, 9.17) is 0 Å². The van der Waals surface area contributed by atoms with Gasteiger partial charge in [0.1, 0.15) is 6.34 Å². The molecule has 18 heavy (non-hydrogen) atoms. The van der Waals surface area contributed by atoms with Crippen LogP contribution in [0.1, 0.15) is 39.0 Å². The lowest BCUT2D eigenvalue weighted by Gasteiger charge is -2.39. The number of aliphatic hydroxyl groups is 1. The molecule has 0 spiro atoms. The Kier molecular flexibility index (Phi) is 5.16. The number of aliphatic hydroxyl groups excluding tert-OH is 1. The maximum atomic E-state index is 12.2. The van der Waals surface area contributed by atoms with E-state index >= 15 is 0 Å². The van der Waals surface area contributed by atoms with E-state index in [0.717, 1.165) is 32.1 Å². The molecular weight excluding hydrogens is 252 g/mol. The zero-order valence-corrected chi connectivity index (χ0v) is 12.3. The van der Waals surface area contributed by atoms with Gasteiger partial charge in [-0.3, -0.25) is 0 Å². The fourth-order valence-electron chi connectivity index (χ4n) is 2.52. The lowest BCUT2D eigenvalue weighted by atomic mass is 9.72. The van der Waals surface area contributed by atoms with Crippen LogP contribution in [0.25, 0.3) is 0 Å². The summed E-state index contributed by atoms with van der Waals surface area (Å²) in [5.41, 5.74) is -0.513. The molecule has 0 aliphatic heterocycles. The van der Waals surface area contributed by atoms with Crippen LogP contribution in [-0.4, -0.2) is 50.7 Å². The summed E-state index contributed by atoms with van der Waals surface area (Å²) in [4.78, 5) is 1.59. The van der Waals surface area contributed by atoms with E-state index < -0.39 is 20.7 Å². The molecular formula is C12H24N2O3S. The van der Waals surface area contributed by atoms with Gasteiger partial charge in [-0.15, -0.1) is 0 Å². The third-order valence-electron chi connectivity index (χ3n) is 3.90. The number of rotatable bonds is 5. The van der Waals surface area contributed by atoms with Gasteiger partial charge in [0, 0.05) is 19.5 Å². The summed E-state index contributed by atoms with van der Waals surface area (Å²) in [5, 5.41) is 8.99. The van der Waals surface area contributed by atoms with Crippen LogP contribution in [0.5, 0.6) is 0 Å². The maximum Gasteiger partial charge on any atom is 0.257 e. The molecule has 0 heterocycles. The van der Waals surface area contributed by atoms with Gasteiger partial charge in [0.15, 0.2) is 0 Å². The summed E-state index contributed by atoms with van der Waals surface area (Å²) >= 11 is 0. The van der Waals surface area contributed by atoms with Crippen LogP contribution in [-0.2, 0) is 10.0 Å². The van der Waals surface area contributed by atoms with Crippen molar-refractivity contribution in [2.24, 2.45) is 9.81 Å². The molecule has 106 valence electrons. The van der Waals surface area contributed by atoms with Crippen LogP contribution in [0.3, 0.4) is 0 Å². The van der Waals surface area contributed by atoms with Crippen LogP contribution >= 0.6 is 0 Å². The molecule has 0 radical (unpaired) electrons. The monoisotopic (exact) mass is 276 g/mol. The van der Waals surface area contributed by atoms with Crippen LogP contribution in [0.4, 0.5) is 0 Å². The van der Waals surface area contributed by atoms with Crippen LogP contribution in [0.2, 0.25) is 0 Å². The third kappa shape index (κ3) is 3.45. The molecule has 0 aromatic carbocycles. The first kappa shape index (κ1) is 15.4. The Morgan fingerprint density at radius 2 is 1.89 bits per heavy atom. The lowest BCUT2D eigenvalue weighted by molar-refractivity contribution is 0.0811. The smallest absolute Gasteiger partial charge is 0.257 e. The summed E-state index contributed by atoms with van der Waals surface area (Å²) in [5.74, 6) is 0. The summed E-state index contributed by atoms with van der Waals surface area (Å²) in [6, 6.07) is 0. The van der Waals surface area contributed by atoms with Crippen molar-refractivity contribution < 1.29 is 13.5 Å². The molecule has 1 rings (SSSR count).